The molecule has 2 aliphatic rings. The lowest BCUT2D eigenvalue weighted by atomic mass is 10.1. The van der Waals surface area contributed by atoms with Crippen molar-refractivity contribution >= 4 is 5.91 Å². The first kappa shape index (κ1) is 14.5. The maximum absolute atomic E-state index is 11.9. The van der Waals surface area contributed by atoms with Crippen LogP contribution in [0.3, 0.4) is 0 Å². The van der Waals surface area contributed by atoms with Crippen LogP contribution in [0.4, 0.5) is 0 Å². The minimum atomic E-state index is 0.135. The van der Waals surface area contributed by atoms with Crippen molar-refractivity contribution in [3.8, 4) is 11.5 Å². The molecule has 7 nitrogen and oxygen atoms in total. The number of carbonyl (C=O) groups excluding carboxylic acids is 1. The first-order valence-corrected chi connectivity index (χ1v) is 7.43. The van der Waals surface area contributed by atoms with Gasteiger partial charge >= 0.3 is 0 Å². The molecule has 2 heterocycles. The summed E-state index contributed by atoms with van der Waals surface area (Å²) in [4.78, 5) is 16.5. The number of likely N-dealkylation sites (tertiary alicyclic amines) is 1. The molecule has 1 atom stereocenters. The molecular weight excluding hydrogens is 284 g/mol. The van der Waals surface area contributed by atoms with Gasteiger partial charge in [-0.25, -0.2) is 0 Å². The highest BCUT2D eigenvalue weighted by Gasteiger charge is 2.28. The molecule has 22 heavy (non-hydrogen) atoms. The molecule has 0 N–H and O–H groups in total. The number of rotatable bonds is 5. The standard InChI is InChI=1S/C15H18N4O3/c16-18-17-9-12-8-15(20)19(10-12)4-3-11-1-2-13-14(7-11)22-6-5-21-13/h1-2,7,12H,3-6,8-10H2. The normalized spacial score (nSPS) is 19.9. The highest BCUT2D eigenvalue weighted by molar-refractivity contribution is 5.78. The van der Waals surface area contributed by atoms with Crippen LogP contribution in [0.2, 0.25) is 0 Å². The Morgan fingerprint density at radius 2 is 2.14 bits per heavy atom. The molecular formula is C15H18N4O3. The Kier molecular flexibility index (Phi) is 4.34. The van der Waals surface area contributed by atoms with Crippen molar-refractivity contribution in [1.82, 2.24) is 4.90 Å². The van der Waals surface area contributed by atoms with Gasteiger partial charge in [0.05, 0.1) is 0 Å². The van der Waals surface area contributed by atoms with E-state index in [-0.39, 0.29) is 11.8 Å². The van der Waals surface area contributed by atoms with Gasteiger partial charge in [0, 0.05) is 31.0 Å². The minimum Gasteiger partial charge on any atom is -0.486 e. The molecule has 0 spiro atoms. The van der Waals surface area contributed by atoms with Crippen LogP contribution in [0.1, 0.15) is 12.0 Å². The number of hydrogen-bond acceptors (Lipinski definition) is 4. The zero-order chi connectivity index (χ0) is 15.4. The third-order valence-corrected chi connectivity index (χ3v) is 3.97. The van der Waals surface area contributed by atoms with Crippen LogP contribution >= 0.6 is 0 Å². The third kappa shape index (κ3) is 3.26. The van der Waals surface area contributed by atoms with Crippen molar-refractivity contribution in [2.45, 2.75) is 12.8 Å². The number of hydrogen-bond donors (Lipinski definition) is 0. The number of azide groups is 1. The minimum absolute atomic E-state index is 0.135. The van der Waals surface area contributed by atoms with Crippen LogP contribution < -0.4 is 9.47 Å². The second-order valence-electron chi connectivity index (χ2n) is 5.55. The Hall–Kier alpha value is -2.40. The van der Waals surface area contributed by atoms with Crippen LogP contribution in [0.5, 0.6) is 11.5 Å². The Balaban J connectivity index is 1.56. The number of fused-ring (bicyclic) bond motifs is 1. The Bertz CT molecular complexity index is 613. The Labute approximate surface area is 128 Å². The first-order chi connectivity index (χ1) is 10.8. The lowest BCUT2D eigenvalue weighted by Gasteiger charge is -2.20. The summed E-state index contributed by atoms with van der Waals surface area (Å²) in [6, 6.07) is 5.90. The number of amides is 1. The molecule has 1 saturated heterocycles. The van der Waals surface area contributed by atoms with E-state index >= 15 is 0 Å². The number of ether oxygens (including phenoxy) is 2. The molecule has 116 valence electrons. The molecule has 0 aromatic heterocycles. The van der Waals surface area contributed by atoms with E-state index in [2.05, 4.69) is 10.0 Å². The number of benzene rings is 1. The summed E-state index contributed by atoms with van der Waals surface area (Å²) < 4.78 is 11.1. The van der Waals surface area contributed by atoms with Crippen molar-refractivity contribution in [1.29, 1.82) is 0 Å². The van der Waals surface area contributed by atoms with Gasteiger partial charge in [0.15, 0.2) is 11.5 Å². The lowest BCUT2D eigenvalue weighted by Crippen LogP contribution is -2.27. The molecule has 1 unspecified atom stereocenters. The molecule has 1 aromatic rings. The molecule has 0 radical (unpaired) electrons. The van der Waals surface area contributed by atoms with Crippen molar-refractivity contribution < 1.29 is 14.3 Å². The molecule has 1 fully saturated rings. The second-order valence-corrected chi connectivity index (χ2v) is 5.55. The summed E-state index contributed by atoms with van der Waals surface area (Å²) in [5.41, 5.74) is 9.47. The summed E-state index contributed by atoms with van der Waals surface area (Å²) in [5.74, 6) is 1.83. The van der Waals surface area contributed by atoms with Crippen molar-refractivity contribution in [3.05, 3.63) is 34.2 Å². The van der Waals surface area contributed by atoms with Gasteiger partial charge in [-0.3, -0.25) is 4.79 Å². The van der Waals surface area contributed by atoms with Crippen molar-refractivity contribution in [3.63, 3.8) is 0 Å². The monoisotopic (exact) mass is 302 g/mol. The van der Waals surface area contributed by atoms with E-state index in [9.17, 15) is 4.79 Å². The van der Waals surface area contributed by atoms with Gasteiger partial charge in [-0.1, -0.05) is 11.2 Å². The van der Waals surface area contributed by atoms with Gasteiger partial charge in [0.1, 0.15) is 13.2 Å². The molecule has 7 heteroatoms. The topological polar surface area (TPSA) is 87.5 Å². The highest BCUT2D eigenvalue weighted by atomic mass is 16.6. The van der Waals surface area contributed by atoms with E-state index in [0.717, 1.165) is 23.5 Å². The van der Waals surface area contributed by atoms with Gasteiger partial charge < -0.3 is 14.4 Å². The predicted molar refractivity (Wildman–Crippen MR) is 79.8 cm³/mol. The smallest absolute Gasteiger partial charge is 0.222 e. The van der Waals surface area contributed by atoms with Gasteiger partial charge in [0.2, 0.25) is 5.91 Å². The van der Waals surface area contributed by atoms with E-state index in [4.69, 9.17) is 15.0 Å². The van der Waals surface area contributed by atoms with Crippen LogP contribution in [0.25, 0.3) is 10.4 Å². The average molecular weight is 302 g/mol. The summed E-state index contributed by atoms with van der Waals surface area (Å²) >= 11 is 0. The molecule has 1 aromatic carbocycles. The van der Waals surface area contributed by atoms with E-state index in [1.54, 1.807) is 0 Å². The summed E-state index contributed by atoms with van der Waals surface area (Å²) in [7, 11) is 0. The van der Waals surface area contributed by atoms with Gasteiger partial charge in [-0.2, -0.15) is 0 Å². The average Bonchev–Trinajstić information content (AvgIpc) is 2.90. The van der Waals surface area contributed by atoms with E-state index in [0.29, 0.717) is 39.3 Å². The highest BCUT2D eigenvalue weighted by Crippen LogP contribution is 2.31. The molecule has 1 amide bonds. The van der Waals surface area contributed by atoms with Gasteiger partial charge in [-0.15, -0.1) is 0 Å². The molecule has 0 aliphatic carbocycles. The van der Waals surface area contributed by atoms with Crippen molar-refractivity contribution in [2.24, 2.45) is 11.0 Å². The van der Waals surface area contributed by atoms with E-state index in [1.807, 2.05) is 23.1 Å². The first-order valence-electron chi connectivity index (χ1n) is 7.43. The summed E-state index contributed by atoms with van der Waals surface area (Å²) in [6.45, 7) is 2.89. The third-order valence-electron chi connectivity index (χ3n) is 3.97. The van der Waals surface area contributed by atoms with Crippen LogP contribution in [0.15, 0.2) is 23.3 Å². The van der Waals surface area contributed by atoms with Gasteiger partial charge in [-0.05, 0) is 35.6 Å². The molecule has 0 bridgehead atoms. The van der Waals surface area contributed by atoms with Crippen LogP contribution in [-0.2, 0) is 11.2 Å². The SMILES string of the molecule is [N-]=[N+]=NCC1CC(=O)N(CCc2ccc3c(c2)OCCO3)C1. The molecule has 3 rings (SSSR count). The maximum Gasteiger partial charge on any atom is 0.222 e. The van der Waals surface area contributed by atoms with Gasteiger partial charge in [0.25, 0.3) is 0 Å². The zero-order valence-electron chi connectivity index (χ0n) is 12.3. The number of carbonyl (C=O) groups is 1. The summed E-state index contributed by atoms with van der Waals surface area (Å²) in [6.07, 6.45) is 1.25. The fourth-order valence-corrected chi connectivity index (χ4v) is 2.85. The molecule has 2 aliphatic heterocycles. The Morgan fingerprint density at radius 1 is 1.32 bits per heavy atom. The second kappa shape index (κ2) is 6.58. The quantitative estimate of drug-likeness (QED) is 0.474. The van der Waals surface area contributed by atoms with Crippen molar-refractivity contribution in [2.75, 3.05) is 32.8 Å². The van der Waals surface area contributed by atoms with Crippen LogP contribution in [-0.4, -0.2) is 43.7 Å². The number of nitrogens with zero attached hydrogens (tertiary/aromatic N) is 4. The van der Waals surface area contributed by atoms with E-state index < -0.39 is 0 Å². The fraction of sp³-hybridized carbons (Fsp3) is 0.533. The molecule has 0 saturated carbocycles. The van der Waals surface area contributed by atoms with E-state index in [1.165, 1.54) is 0 Å². The predicted octanol–water partition coefficient (Wildman–Crippen LogP) is 2.16. The van der Waals surface area contributed by atoms with Crippen LogP contribution in [0, 0.1) is 5.92 Å². The summed E-state index contributed by atoms with van der Waals surface area (Å²) in [5, 5.41) is 3.56. The fourth-order valence-electron chi connectivity index (χ4n) is 2.85. The zero-order valence-corrected chi connectivity index (χ0v) is 12.3. The Morgan fingerprint density at radius 3 is 2.95 bits per heavy atom. The lowest BCUT2D eigenvalue weighted by molar-refractivity contribution is -0.127. The largest absolute Gasteiger partial charge is 0.486 e. The maximum atomic E-state index is 11.9.